The van der Waals surface area contributed by atoms with Crippen LogP contribution in [0.3, 0.4) is 0 Å². The molecule has 1 aromatic heterocycles. The summed E-state index contributed by atoms with van der Waals surface area (Å²) in [4.78, 5) is 19.0. The SMILES string of the molecule is CN1CCC(NC(=O)c2ccnc(OC3CCCCC3)c2)CC1. The van der Waals surface area contributed by atoms with E-state index < -0.39 is 0 Å². The predicted octanol–water partition coefficient (Wildman–Crippen LogP) is 2.62. The molecule has 1 amide bonds. The molecule has 3 rings (SSSR count). The van der Waals surface area contributed by atoms with Gasteiger partial charge in [-0.25, -0.2) is 4.98 Å². The van der Waals surface area contributed by atoms with Crippen LogP contribution in [0, 0.1) is 0 Å². The second kappa shape index (κ2) is 7.77. The molecular weight excluding hydrogens is 290 g/mol. The monoisotopic (exact) mass is 317 g/mol. The van der Waals surface area contributed by atoms with Crippen molar-refractivity contribution in [1.29, 1.82) is 0 Å². The van der Waals surface area contributed by atoms with Gasteiger partial charge < -0.3 is 15.0 Å². The summed E-state index contributed by atoms with van der Waals surface area (Å²) >= 11 is 0. The second-order valence-electron chi connectivity index (χ2n) is 6.81. The van der Waals surface area contributed by atoms with Crippen molar-refractivity contribution in [2.24, 2.45) is 0 Å². The summed E-state index contributed by atoms with van der Waals surface area (Å²) in [5.74, 6) is 0.559. The Morgan fingerprint density at radius 1 is 1.22 bits per heavy atom. The predicted molar refractivity (Wildman–Crippen MR) is 89.7 cm³/mol. The zero-order valence-electron chi connectivity index (χ0n) is 14.0. The summed E-state index contributed by atoms with van der Waals surface area (Å²) in [5.41, 5.74) is 0.643. The smallest absolute Gasteiger partial charge is 0.251 e. The van der Waals surface area contributed by atoms with Gasteiger partial charge in [0.25, 0.3) is 5.91 Å². The molecule has 1 N–H and O–H groups in total. The summed E-state index contributed by atoms with van der Waals surface area (Å²) in [5, 5.41) is 3.14. The normalized spacial score (nSPS) is 21.1. The number of carbonyl (C=O) groups excluding carboxylic acids is 1. The lowest BCUT2D eigenvalue weighted by Crippen LogP contribution is -2.43. The Hall–Kier alpha value is -1.62. The maximum Gasteiger partial charge on any atom is 0.251 e. The van der Waals surface area contributed by atoms with Crippen molar-refractivity contribution >= 4 is 5.91 Å². The van der Waals surface area contributed by atoms with Crippen LogP contribution in [0.25, 0.3) is 0 Å². The molecule has 0 unspecified atom stereocenters. The molecule has 0 atom stereocenters. The molecule has 0 bridgehead atoms. The summed E-state index contributed by atoms with van der Waals surface area (Å²) in [6.07, 6.45) is 9.87. The van der Waals surface area contributed by atoms with Crippen LogP contribution in [0.15, 0.2) is 18.3 Å². The standard InChI is InChI=1S/C18H27N3O2/c1-21-11-8-15(9-12-21)20-18(22)14-7-10-19-17(13-14)23-16-5-3-2-4-6-16/h7,10,13,15-16H,2-6,8-9,11-12H2,1H3,(H,20,22). The number of carbonyl (C=O) groups is 1. The number of piperidine rings is 1. The van der Waals surface area contributed by atoms with E-state index in [9.17, 15) is 4.79 Å². The lowest BCUT2D eigenvalue weighted by molar-refractivity contribution is 0.0915. The highest BCUT2D eigenvalue weighted by molar-refractivity contribution is 5.94. The van der Waals surface area contributed by atoms with Crippen LogP contribution < -0.4 is 10.1 Å². The first-order valence-corrected chi connectivity index (χ1v) is 8.83. The third-order valence-electron chi connectivity index (χ3n) is 4.89. The molecule has 126 valence electrons. The van der Waals surface area contributed by atoms with Crippen molar-refractivity contribution < 1.29 is 9.53 Å². The maximum atomic E-state index is 12.4. The third kappa shape index (κ3) is 4.67. The van der Waals surface area contributed by atoms with Gasteiger partial charge in [-0.3, -0.25) is 4.79 Å². The molecule has 1 aliphatic carbocycles. The number of likely N-dealkylation sites (tertiary alicyclic amines) is 1. The first kappa shape index (κ1) is 16.2. The molecule has 1 saturated heterocycles. The maximum absolute atomic E-state index is 12.4. The number of hydrogen-bond donors (Lipinski definition) is 1. The molecule has 1 aliphatic heterocycles. The van der Waals surface area contributed by atoms with E-state index in [-0.39, 0.29) is 18.1 Å². The van der Waals surface area contributed by atoms with Crippen LogP contribution in [0.5, 0.6) is 5.88 Å². The van der Waals surface area contributed by atoms with Crippen molar-refractivity contribution in [3.05, 3.63) is 23.9 Å². The number of amides is 1. The summed E-state index contributed by atoms with van der Waals surface area (Å²) < 4.78 is 5.95. The molecular formula is C18H27N3O2. The van der Waals surface area contributed by atoms with E-state index in [2.05, 4.69) is 22.2 Å². The van der Waals surface area contributed by atoms with Gasteiger partial charge in [0.2, 0.25) is 5.88 Å². The van der Waals surface area contributed by atoms with Crippen LogP contribution in [-0.4, -0.2) is 48.1 Å². The fourth-order valence-electron chi connectivity index (χ4n) is 3.39. The van der Waals surface area contributed by atoms with E-state index in [1.807, 2.05) is 0 Å². The highest BCUT2D eigenvalue weighted by Crippen LogP contribution is 2.22. The quantitative estimate of drug-likeness (QED) is 0.927. The van der Waals surface area contributed by atoms with Crippen LogP contribution in [0.2, 0.25) is 0 Å². The van der Waals surface area contributed by atoms with E-state index in [1.165, 1.54) is 19.3 Å². The minimum absolute atomic E-state index is 0.0181. The number of rotatable bonds is 4. The van der Waals surface area contributed by atoms with Crippen molar-refractivity contribution in [2.75, 3.05) is 20.1 Å². The summed E-state index contributed by atoms with van der Waals surface area (Å²) in [6.45, 7) is 2.08. The first-order valence-electron chi connectivity index (χ1n) is 8.83. The minimum atomic E-state index is -0.0181. The Kier molecular flexibility index (Phi) is 5.49. The van der Waals surface area contributed by atoms with Gasteiger partial charge in [0.1, 0.15) is 6.10 Å². The molecule has 0 spiro atoms. The third-order valence-corrected chi connectivity index (χ3v) is 4.89. The number of hydrogen-bond acceptors (Lipinski definition) is 4. The summed E-state index contributed by atoms with van der Waals surface area (Å²) in [7, 11) is 2.12. The van der Waals surface area contributed by atoms with Gasteiger partial charge in [-0.15, -0.1) is 0 Å². The molecule has 5 nitrogen and oxygen atoms in total. The number of nitrogens with one attached hydrogen (secondary N) is 1. The molecule has 23 heavy (non-hydrogen) atoms. The molecule has 2 heterocycles. The average molecular weight is 317 g/mol. The Morgan fingerprint density at radius 3 is 2.70 bits per heavy atom. The summed E-state index contributed by atoms with van der Waals surface area (Å²) in [6, 6.07) is 3.81. The average Bonchev–Trinajstić information content (AvgIpc) is 2.58. The molecule has 5 heteroatoms. The van der Waals surface area contributed by atoms with Crippen LogP contribution in [0.1, 0.15) is 55.3 Å². The number of ether oxygens (including phenoxy) is 1. The Bertz CT molecular complexity index is 521. The first-order chi connectivity index (χ1) is 11.2. The zero-order chi connectivity index (χ0) is 16.1. The highest BCUT2D eigenvalue weighted by atomic mass is 16.5. The van der Waals surface area contributed by atoms with Gasteiger partial charge in [0, 0.05) is 23.9 Å². The minimum Gasteiger partial charge on any atom is -0.474 e. The van der Waals surface area contributed by atoms with E-state index in [0.717, 1.165) is 38.8 Å². The van der Waals surface area contributed by atoms with Gasteiger partial charge >= 0.3 is 0 Å². The molecule has 1 saturated carbocycles. The van der Waals surface area contributed by atoms with E-state index in [4.69, 9.17) is 4.74 Å². The highest BCUT2D eigenvalue weighted by Gasteiger charge is 2.20. The zero-order valence-corrected chi connectivity index (χ0v) is 14.0. The number of aromatic nitrogens is 1. The second-order valence-corrected chi connectivity index (χ2v) is 6.81. The largest absolute Gasteiger partial charge is 0.474 e. The number of pyridine rings is 1. The van der Waals surface area contributed by atoms with E-state index in [0.29, 0.717) is 11.4 Å². The fraction of sp³-hybridized carbons (Fsp3) is 0.667. The van der Waals surface area contributed by atoms with Gasteiger partial charge in [-0.2, -0.15) is 0 Å². The van der Waals surface area contributed by atoms with Gasteiger partial charge in [0.05, 0.1) is 0 Å². The van der Waals surface area contributed by atoms with Gasteiger partial charge in [-0.1, -0.05) is 6.42 Å². The van der Waals surface area contributed by atoms with Gasteiger partial charge in [0.15, 0.2) is 0 Å². The van der Waals surface area contributed by atoms with Crippen LogP contribution in [0.4, 0.5) is 0 Å². The van der Waals surface area contributed by atoms with Crippen molar-refractivity contribution in [3.63, 3.8) is 0 Å². The molecule has 2 aliphatic rings. The van der Waals surface area contributed by atoms with Crippen molar-refractivity contribution in [3.8, 4) is 5.88 Å². The lowest BCUT2D eigenvalue weighted by atomic mass is 9.98. The van der Waals surface area contributed by atoms with E-state index in [1.54, 1.807) is 18.3 Å². The van der Waals surface area contributed by atoms with Gasteiger partial charge in [-0.05, 0) is 64.7 Å². The van der Waals surface area contributed by atoms with Crippen LogP contribution >= 0.6 is 0 Å². The Labute approximate surface area is 138 Å². The lowest BCUT2D eigenvalue weighted by Gasteiger charge is -2.29. The van der Waals surface area contributed by atoms with Crippen molar-refractivity contribution in [1.82, 2.24) is 15.2 Å². The van der Waals surface area contributed by atoms with E-state index >= 15 is 0 Å². The topological polar surface area (TPSA) is 54.5 Å². The molecule has 0 aromatic carbocycles. The molecule has 0 radical (unpaired) electrons. The molecule has 2 fully saturated rings. The van der Waals surface area contributed by atoms with Crippen LogP contribution in [-0.2, 0) is 0 Å². The Morgan fingerprint density at radius 2 is 1.96 bits per heavy atom. The molecule has 1 aromatic rings. The number of nitrogens with zero attached hydrogens (tertiary/aromatic N) is 2. The fourth-order valence-corrected chi connectivity index (χ4v) is 3.39. The van der Waals surface area contributed by atoms with Crippen molar-refractivity contribution in [2.45, 2.75) is 57.1 Å². The Balaban J connectivity index is 1.56.